The molecule has 1 unspecified atom stereocenters. The van der Waals surface area contributed by atoms with Crippen LogP contribution in [0.15, 0.2) is 18.2 Å². The summed E-state index contributed by atoms with van der Waals surface area (Å²) in [6.07, 6.45) is 0.344. The van der Waals surface area contributed by atoms with E-state index in [-0.39, 0.29) is 28.8 Å². The van der Waals surface area contributed by atoms with Gasteiger partial charge in [-0.2, -0.15) is 0 Å². The summed E-state index contributed by atoms with van der Waals surface area (Å²) >= 11 is 3.30. The largest absolute Gasteiger partial charge is 0.478 e. The number of alkyl halides is 1. The minimum atomic E-state index is -1.27. The van der Waals surface area contributed by atoms with E-state index in [9.17, 15) is 19.7 Å². The fourth-order valence-corrected chi connectivity index (χ4v) is 2.55. The van der Waals surface area contributed by atoms with Crippen molar-refractivity contribution in [2.45, 2.75) is 6.42 Å². The number of halogens is 1. The predicted octanol–water partition coefficient (Wildman–Crippen LogP) is 2.04. The Labute approximate surface area is 122 Å². The lowest BCUT2D eigenvalue weighted by molar-refractivity contribution is -0.384. The highest BCUT2D eigenvalue weighted by atomic mass is 79.9. The van der Waals surface area contributed by atoms with Crippen molar-refractivity contribution >= 4 is 39.2 Å². The number of nitro groups is 1. The summed E-state index contributed by atoms with van der Waals surface area (Å²) < 4.78 is 0. The monoisotopic (exact) mass is 342 g/mol. The lowest BCUT2D eigenvalue weighted by Crippen LogP contribution is -2.25. The molecular formula is C12H11BrN2O5. The molecule has 1 fully saturated rings. The number of amides is 1. The van der Waals surface area contributed by atoms with Crippen LogP contribution in [-0.2, 0) is 4.79 Å². The molecule has 1 aromatic rings. The molecule has 1 atom stereocenters. The predicted molar refractivity (Wildman–Crippen MR) is 74.3 cm³/mol. The van der Waals surface area contributed by atoms with Crippen molar-refractivity contribution in [3.05, 3.63) is 33.9 Å². The van der Waals surface area contributed by atoms with Gasteiger partial charge in [-0.1, -0.05) is 15.9 Å². The first-order valence-corrected chi connectivity index (χ1v) is 6.93. The van der Waals surface area contributed by atoms with Gasteiger partial charge in [-0.05, 0) is 12.0 Å². The standard InChI is InChI=1S/C12H11BrN2O5/c13-5-7-1-11(16)14(6-7)9-2-8(12(17)18)3-10(4-9)15(19)20/h2-4,7H,1,5-6H2,(H,17,18). The SMILES string of the molecule is O=C(O)c1cc(N2CC(CBr)CC2=O)cc([N+](=O)[O-])c1. The van der Waals surface area contributed by atoms with Gasteiger partial charge in [0, 0.05) is 30.4 Å². The molecule has 0 saturated carbocycles. The summed E-state index contributed by atoms with van der Waals surface area (Å²) in [5, 5.41) is 20.5. The Kier molecular flexibility index (Phi) is 4.03. The topological polar surface area (TPSA) is 101 Å². The van der Waals surface area contributed by atoms with Crippen LogP contribution in [0.2, 0.25) is 0 Å². The van der Waals surface area contributed by atoms with E-state index in [0.29, 0.717) is 18.3 Å². The molecule has 106 valence electrons. The van der Waals surface area contributed by atoms with Crippen molar-refractivity contribution in [3.63, 3.8) is 0 Å². The maximum Gasteiger partial charge on any atom is 0.336 e. The Balaban J connectivity index is 2.43. The van der Waals surface area contributed by atoms with E-state index in [0.717, 1.165) is 6.07 Å². The molecule has 2 rings (SSSR count). The maximum atomic E-state index is 11.9. The third-order valence-electron chi connectivity index (χ3n) is 3.10. The summed E-state index contributed by atoms with van der Waals surface area (Å²) in [6, 6.07) is 3.49. The zero-order valence-electron chi connectivity index (χ0n) is 10.3. The Hall–Kier alpha value is -1.96. The van der Waals surface area contributed by atoms with E-state index in [1.807, 2.05) is 0 Å². The van der Waals surface area contributed by atoms with Gasteiger partial charge in [0.25, 0.3) is 5.69 Å². The highest BCUT2D eigenvalue weighted by Crippen LogP contribution is 2.30. The van der Waals surface area contributed by atoms with E-state index < -0.39 is 10.9 Å². The molecule has 1 aliphatic rings. The molecule has 1 heterocycles. The highest BCUT2D eigenvalue weighted by molar-refractivity contribution is 9.09. The van der Waals surface area contributed by atoms with E-state index in [4.69, 9.17) is 5.11 Å². The first kappa shape index (κ1) is 14.4. The molecule has 1 saturated heterocycles. The second-order valence-electron chi connectivity index (χ2n) is 4.53. The number of hydrogen-bond donors (Lipinski definition) is 1. The molecule has 0 aromatic heterocycles. The average molecular weight is 343 g/mol. The fourth-order valence-electron chi connectivity index (χ4n) is 2.11. The molecule has 1 amide bonds. The van der Waals surface area contributed by atoms with Crippen LogP contribution in [0.1, 0.15) is 16.8 Å². The Morgan fingerprint density at radius 3 is 2.70 bits per heavy atom. The second-order valence-corrected chi connectivity index (χ2v) is 5.18. The second kappa shape index (κ2) is 5.58. The van der Waals surface area contributed by atoms with Crippen LogP contribution in [0.3, 0.4) is 0 Å². The van der Waals surface area contributed by atoms with Crippen molar-refractivity contribution in [2.75, 3.05) is 16.8 Å². The van der Waals surface area contributed by atoms with Crippen LogP contribution in [-0.4, -0.2) is 33.8 Å². The maximum absolute atomic E-state index is 11.9. The van der Waals surface area contributed by atoms with E-state index in [2.05, 4.69) is 15.9 Å². The fraction of sp³-hybridized carbons (Fsp3) is 0.333. The van der Waals surface area contributed by atoms with E-state index in [1.54, 1.807) is 0 Å². The number of carbonyl (C=O) groups excluding carboxylic acids is 1. The number of rotatable bonds is 4. The molecule has 1 N–H and O–H groups in total. The van der Waals surface area contributed by atoms with Crippen LogP contribution < -0.4 is 4.90 Å². The van der Waals surface area contributed by atoms with Gasteiger partial charge in [-0.25, -0.2) is 4.79 Å². The van der Waals surface area contributed by atoms with Gasteiger partial charge in [0.15, 0.2) is 0 Å². The van der Waals surface area contributed by atoms with Crippen LogP contribution in [0.4, 0.5) is 11.4 Å². The number of carbonyl (C=O) groups is 2. The smallest absolute Gasteiger partial charge is 0.336 e. The molecule has 1 aliphatic heterocycles. The summed E-state index contributed by atoms with van der Waals surface area (Å²) in [6.45, 7) is 0.421. The van der Waals surface area contributed by atoms with Crippen molar-refractivity contribution in [3.8, 4) is 0 Å². The van der Waals surface area contributed by atoms with Gasteiger partial charge < -0.3 is 10.0 Å². The minimum Gasteiger partial charge on any atom is -0.478 e. The first-order valence-electron chi connectivity index (χ1n) is 5.81. The lowest BCUT2D eigenvalue weighted by atomic mass is 10.1. The average Bonchev–Trinajstić information content (AvgIpc) is 2.79. The van der Waals surface area contributed by atoms with Crippen molar-refractivity contribution in [1.82, 2.24) is 0 Å². The molecule has 1 aromatic carbocycles. The van der Waals surface area contributed by atoms with Crippen LogP contribution >= 0.6 is 15.9 Å². The van der Waals surface area contributed by atoms with Crippen LogP contribution in [0, 0.1) is 16.0 Å². The van der Waals surface area contributed by atoms with Crippen molar-refractivity contribution < 1.29 is 19.6 Å². The molecule has 8 heteroatoms. The van der Waals surface area contributed by atoms with Gasteiger partial charge in [-0.15, -0.1) is 0 Å². The van der Waals surface area contributed by atoms with Gasteiger partial charge in [0.2, 0.25) is 5.91 Å². The number of hydrogen-bond acceptors (Lipinski definition) is 4. The zero-order valence-corrected chi connectivity index (χ0v) is 11.9. The first-order chi connectivity index (χ1) is 9.42. The Bertz CT molecular complexity index is 557. The summed E-state index contributed by atoms with van der Waals surface area (Å²) in [4.78, 5) is 34.5. The molecule has 0 aliphatic carbocycles. The number of carboxylic acid groups (broad SMARTS) is 1. The Morgan fingerprint density at radius 2 is 2.20 bits per heavy atom. The number of nitrogens with zero attached hydrogens (tertiary/aromatic N) is 2. The molecule has 0 radical (unpaired) electrons. The summed E-state index contributed by atoms with van der Waals surface area (Å²) in [7, 11) is 0. The summed E-state index contributed by atoms with van der Waals surface area (Å²) in [5.74, 6) is -1.31. The quantitative estimate of drug-likeness (QED) is 0.512. The molecule has 0 bridgehead atoms. The lowest BCUT2D eigenvalue weighted by Gasteiger charge is -2.16. The number of carboxylic acids is 1. The van der Waals surface area contributed by atoms with Crippen LogP contribution in [0.5, 0.6) is 0 Å². The van der Waals surface area contributed by atoms with Gasteiger partial charge in [0.05, 0.1) is 16.2 Å². The van der Waals surface area contributed by atoms with Gasteiger partial charge >= 0.3 is 5.97 Å². The van der Waals surface area contributed by atoms with E-state index >= 15 is 0 Å². The molecule has 0 spiro atoms. The van der Waals surface area contributed by atoms with Gasteiger partial charge in [-0.3, -0.25) is 14.9 Å². The van der Waals surface area contributed by atoms with Crippen molar-refractivity contribution in [1.29, 1.82) is 0 Å². The third-order valence-corrected chi connectivity index (χ3v) is 4.01. The number of anilines is 1. The number of nitro benzene ring substituents is 1. The number of aromatic carboxylic acids is 1. The molecule has 7 nitrogen and oxygen atoms in total. The Morgan fingerprint density at radius 1 is 1.50 bits per heavy atom. The summed E-state index contributed by atoms with van der Waals surface area (Å²) in [5.41, 5.74) is -0.288. The number of benzene rings is 1. The molecular weight excluding hydrogens is 332 g/mol. The third kappa shape index (κ3) is 2.79. The van der Waals surface area contributed by atoms with Crippen molar-refractivity contribution in [2.24, 2.45) is 5.92 Å². The minimum absolute atomic E-state index is 0.120. The highest BCUT2D eigenvalue weighted by Gasteiger charge is 2.31. The normalized spacial score (nSPS) is 18.4. The number of non-ortho nitro benzene ring substituents is 1. The molecule has 20 heavy (non-hydrogen) atoms. The van der Waals surface area contributed by atoms with E-state index in [1.165, 1.54) is 17.0 Å². The zero-order chi connectivity index (χ0) is 14.9. The van der Waals surface area contributed by atoms with Crippen LogP contribution in [0.25, 0.3) is 0 Å². The van der Waals surface area contributed by atoms with Gasteiger partial charge in [0.1, 0.15) is 0 Å².